The topological polar surface area (TPSA) is 66.9 Å². The van der Waals surface area contributed by atoms with Crippen LogP contribution in [0.3, 0.4) is 0 Å². The molecule has 0 atom stereocenters. The summed E-state index contributed by atoms with van der Waals surface area (Å²) in [6, 6.07) is 14.5. The van der Waals surface area contributed by atoms with Crippen LogP contribution in [-0.2, 0) is 11.3 Å². The van der Waals surface area contributed by atoms with Crippen molar-refractivity contribution < 1.29 is 9.18 Å². The predicted octanol–water partition coefficient (Wildman–Crippen LogP) is 4.78. The SMILES string of the molecule is O=C(CSc1nnc(NCc2ccccc2)s1)Nc1ccc(Br)cc1F. The van der Waals surface area contributed by atoms with Gasteiger partial charge in [-0.25, -0.2) is 4.39 Å². The maximum absolute atomic E-state index is 13.7. The van der Waals surface area contributed by atoms with Crippen LogP contribution >= 0.6 is 39.0 Å². The Morgan fingerprint density at radius 1 is 1.19 bits per heavy atom. The minimum absolute atomic E-state index is 0.128. The fraction of sp³-hybridized carbons (Fsp3) is 0.118. The zero-order chi connectivity index (χ0) is 18.4. The molecule has 3 aromatic rings. The van der Waals surface area contributed by atoms with Crippen molar-refractivity contribution >= 4 is 55.8 Å². The number of anilines is 2. The zero-order valence-electron chi connectivity index (χ0n) is 13.4. The monoisotopic (exact) mass is 452 g/mol. The molecule has 0 fully saturated rings. The summed E-state index contributed by atoms with van der Waals surface area (Å²) in [5.41, 5.74) is 1.30. The van der Waals surface area contributed by atoms with Gasteiger partial charge in [0.1, 0.15) is 5.82 Å². The second-order valence-electron chi connectivity index (χ2n) is 5.17. The first kappa shape index (κ1) is 18.8. The molecule has 134 valence electrons. The van der Waals surface area contributed by atoms with Crippen molar-refractivity contribution in [2.24, 2.45) is 0 Å². The average molecular weight is 453 g/mol. The highest BCUT2D eigenvalue weighted by atomic mass is 79.9. The molecular weight excluding hydrogens is 439 g/mol. The fourth-order valence-corrected chi connectivity index (χ4v) is 3.90. The molecule has 0 aliphatic rings. The third-order valence-corrected chi connectivity index (χ3v) is 5.73. The molecule has 9 heteroatoms. The summed E-state index contributed by atoms with van der Waals surface area (Å²) >= 11 is 5.81. The van der Waals surface area contributed by atoms with Crippen LogP contribution in [0.25, 0.3) is 0 Å². The number of carbonyl (C=O) groups is 1. The number of rotatable bonds is 7. The normalized spacial score (nSPS) is 10.5. The van der Waals surface area contributed by atoms with Crippen LogP contribution in [0, 0.1) is 5.82 Å². The molecule has 2 N–H and O–H groups in total. The summed E-state index contributed by atoms with van der Waals surface area (Å²) in [4.78, 5) is 12.0. The third-order valence-electron chi connectivity index (χ3n) is 3.22. The Morgan fingerprint density at radius 3 is 2.77 bits per heavy atom. The van der Waals surface area contributed by atoms with Crippen molar-refractivity contribution in [1.29, 1.82) is 0 Å². The third kappa shape index (κ3) is 5.52. The lowest BCUT2D eigenvalue weighted by Crippen LogP contribution is -2.14. The number of nitrogens with one attached hydrogen (secondary N) is 2. The van der Waals surface area contributed by atoms with Crippen molar-refractivity contribution in [3.8, 4) is 0 Å². The lowest BCUT2D eigenvalue weighted by molar-refractivity contribution is -0.113. The smallest absolute Gasteiger partial charge is 0.234 e. The molecular formula is C17H14BrFN4OS2. The number of halogens is 2. The van der Waals surface area contributed by atoms with Crippen LogP contribution < -0.4 is 10.6 Å². The van der Waals surface area contributed by atoms with Crippen molar-refractivity contribution in [2.45, 2.75) is 10.9 Å². The van der Waals surface area contributed by atoms with Gasteiger partial charge in [0.15, 0.2) is 4.34 Å². The van der Waals surface area contributed by atoms with E-state index in [9.17, 15) is 9.18 Å². The lowest BCUT2D eigenvalue weighted by atomic mass is 10.2. The van der Waals surface area contributed by atoms with Gasteiger partial charge in [-0.3, -0.25) is 4.79 Å². The molecule has 5 nitrogen and oxygen atoms in total. The second-order valence-corrected chi connectivity index (χ2v) is 8.29. The van der Waals surface area contributed by atoms with E-state index in [1.54, 1.807) is 6.07 Å². The first-order valence-electron chi connectivity index (χ1n) is 7.59. The molecule has 1 aromatic heterocycles. The summed E-state index contributed by atoms with van der Waals surface area (Å²) in [6.07, 6.45) is 0. The summed E-state index contributed by atoms with van der Waals surface area (Å²) in [5.74, 6) is -0.658. The molecule has 1 amide bonds. The molecule has 26 heavy (non-hydrogen) atoms. The van der Waals surface area contributed by atoms with Gasteiger partial charge in [-0.15, -0.1) is 10.2 Å². The van der Waals surface area contributed by atoms with Gasteiger partial charge in [0.05, 0.1) is 11.4 Å². The van der Waals surface area contributed by atoms with Crippen molar-refractivity contribution in [3.63, 3.8) is 0 Å². The Balaban J connectivity index is 1.47. The highest BCUT2D eigenvalue weighted by Gasteiger charge is 2.10. The number of hydrogen-bond donors (Lipinski definition) is 2. The van der Waals surface area contributed by atoms with Gasteiger partial charge >= 0.3 is 0 Å². The molecule has 0 spiro atoms. The van der Waals surface area contributed by atoms with Gasteiger partial charge in [-0.2, -0.15) is 0 Å². The Kier molecular flexibility index (Phi) is 6.59. The lowest BCUT2D eigenvalue weighted by Gasteiger charge is -2.05. The molecule has 0 aliphatic heterocycles. The van der Waals surface area contributed by atoms with Gasteiger partial charge in [0.25, 0.3) is 0 Å². The summed E-state index contributed by atoms with van der Waals surface area (Å²) in [5, 5.41) is 14.5. The van der Waals surface area contributed by atoms with E-state index in [0.717, 1.165) is 5.56 Å². The number of thioether (sulfide) groups is 1. The number of nitrogens with zero attached hydrogens (tertiary/aromatic N) is 2. The quantitative estimate of drug-likeness (QED) is 0.504. The standard InChI is InChI=1S/C17H14BrFN4OS2/c18-12-6-7-14(13(19)8-12)21-15(24)10-25-17-23-22-16(26-17)20-9-11-4-2-1-3-5-11/h1-8H,9-10H2,(H,20,22)(H,21,24). The molecule has 0 aliphatic carbocycles. The molecule has 0 unspecified atom stereocenters. The maximum atomic E-state index is 13.7. The fourth-order valence-electron chi connectivity index (χ4n) is 2.02. The van der Waals surface area contributed by atoms with E-state index in [0.29, 0.717) is 20.5 Å². The highest BCUT2D eigenvalue weighted by Crippen LogP contribution is 2.26. The minimum Gasteiger partial charge on any atom is -0.356 e. The zero-order valence-corrected chi connectivity index (χ0v) is 16.6. The van der Waals surface area contributed by atoms with Crippen LogP contribution in [0.5, 0.6) is 0 Å². The van der Waals surface area contributed by atoms with Crippen LogP contribution in [0.15, 0.2) is 57.3 Å². The Morgan fingerprint density at radius 2 is 2.00 bits per heavy atom. The minimum atomic E-state index is -0.485. The Hall–Kier alpha value is -1.97. The molecule has 0 saturated carbocycles. The van der Waals surface area contributed by atoms with Crippen molar-refractivity contribution in [3.05, 3.63) is 64.4 Å². The first-order valence-corrected chi connectivity index (χ1v) is 10.2. The summed E-state index contributed by atoms with van der Waals surface area (Å²) < 4.78 is 15.0. The van der Waals surface area contributed by atoms with Crippen LogP contribution in [0.2, 0.25) is 0 Å². The van der Waals surface area contributed by atoms with E-state index in [4.69, 9.17) is 0 Å². The van der Waals surface area contributed by atoms with E-state index in [-0.39, 0.29) is 17.3 Å². The number of carbonyl (C=O) groups excluding carboxylic acids is 1. The van der Waals surface area contributed by atoms with Gasteiger partial charge in [0, 0.05) is 11.0 Å². The van der Waals surface area contributed by atoms with E-state index in [1.165, 1.54) is 35.2 Å². The molecule has 1 heterocycles. The Bertz CT molecular complexity index is 891. The maximum Gasteiger partial charge on any atom is 0.234 e. The highest BCUT2D eigenvalue weighted by molar-refractivity contribution is 9.10. The average Bonchev–Trinajstić information content (AvgIpc) is 3.09. The van der Waals surface area contributed by atoms with Gasteiger partial charge in [-0.05, 0) is 23.8 Å². The van der Waals surface area contributed by atoms with Crippen LogP contribution in [0.1, 0.15) is 5.56 Å². The number of aromatic nitrogens is 2. The summed E-state index contributed by atoms with van der Waals surface area (Å²) in [7, 11) is 0. The molecule has 0 radical (unpaired) electrons. The Labute approximate surface area is 166 Å². The van der Waals surface area contributed by atoms with Gasteiger partial charge < -0.3 is 10.6 Å². The number of amides is 1. The van der Waals surface area contributed by atoms with Crippen LogP contribution in [-0.4, -0.2) is 21.9 Å². The largest absolute Gasteiger partial charge is 0.356 e. The number of benzene rings is 2. The van der Waals surface area contributed by atoms with E-state index in [2.05, 4.69) is 36.8 Å². The molecule has 0 bridgehead atoms. The predicted molar refractivity (Wildman–Crippen MR) is 107 cm³/mol. The van der Waals surface area contributed by atoms with Crippen molar-refractivity contribution in [2.75, 3.05) is 16.4 Å². The summed E-state index contributed by atoms with van der Waals surface area (Å²) in [6.45, 7) is 0.656. The second kappa shape index (κ2) is 9.11. The van der Waals surface area contributed by atoms with E-state index in [1.807, 2.05) is 30.3 Å². The number of hydrogen-bond acceptors (Lipinski definition) is 6. The van der Waals surface area contributed by atoms with E-state index >= 15 is 0 Å². The first-order chi connectivity index (χ1) is 12.6. The van der Waals surface area contributed by atoms with Crippen molar-refractivity contribution in [1.82, 2.24) is 10.2 Å². The molecule has 3 rings (SSSR count). The molecule has 0 saturated heterocycles. The van der Waals surface area contributed by atoms with Gasteiger partial charge in [-0.1, -0.05) is 69.4 Å². The van der Waals surface area contributed by atoms with Crippen LogP contribution in [0.4, 0.5) is 15.2 Å². The molecule has 2 aromatic carbocycles. The van der Waals surface area contributed by atoms with Gasteiger partial charge in [0.2, 0.25) is 11.0 Å². The van der Waals surface area contributed by atoms with E-state index < -0.39 is 5.82 Å².